The van der Waals surface area contributed by atoms with Crippen LogP contribution in [0.25, 0.3) is 10.7 Å². The fraction of sp³-hybridized carbons (Fsp3) is 0.188. The zero-order valence-corrected chi connectivity index (χ0v) is 15.3. The van der Waals surface area contributed by atoms with E-state index < -0.39 is 0 Å². The first kappa shape index (κ1) is 17.0. The van der Waals surface area contributed by atoms with Crippen molar-refractivity contribution >= 4 is 46.3 Å². The van der Waals surface area contributed by atoms with Gasteiger partial charge in [0.05, 0.1) is 10.6 Å². The molecule has 2 heterocycles. The maximum Gasteiger partial charge on any atom is 0.234 e. The van der Waals surface area contributed by atoms with Crippen LogP contribution in [0.3, 0.4) is 0 Å². The summed E-state index contributed by atoms with van der Waals surface area (Å²) in [6.45, 7) is 2.79. The highest BCUT2D eigenvalue weighted by molar-refractivity contribution is 7.99. The number of amides is 1. The quantitative estimate of drug-likeness (QED) is 0.645. The SMILES string of the molecule is CCn1c(SCC(=O)Nc2cccc(Cl)c2)nnc1-c1cccs1. The van der Waals surface area contributed by atoms with Crippen LogP contribution < -0.4 is 5.32 Å². The molecule has 8 heteroatoms. The molecular weight excluding hydrogens is 364 g/mol. The number of hydrogen-bond donors (Lipinski definition) is 1. The topological polar surface area (TPSA) is 59.8 Å². The van der Waals surface area contributed by atoms with E-state index in [1.165, 1.54) is 11.8 Å². The van der Waals surface area contributed by atoms with E-state index in [1.54, 1.807) is 35.6 Å². The van der Waals surface area contributed by atoms with Gasteiger partial charge >= 0.3 is 0 Å². The van der Waals surface area contributed by atoms with Gasteiger partial charge in [-0.05, 0) is 36.6 Å². The second kappa shape index (κ2) is 7.83. The number of halogens is 1. The predicted molar refractivity (Wildman–Crippen MR) is 99.8 cm³/mol. The Morgan fingerprint density at radius 2 is 2.21 bits per heavy atom. The number of nitrogens with one attached hydrogen (secondary N) is 1. The van der Waals surface area contributed by atoms with Gasteiger partial charge in [0.2, 0.25) is 5.91 Å². The van der Waals surface area contributed by atoms with Gasteiger partial charge in [0.15, 0.2) is 11.0 Å². The van der Waals surface area contributed by atoms with Crippen molar-refractivity contribution in [3.63, 3.8) is 0 Å². The fourth-order valence-corrected chi connectivity index (χ4v) is 3.87. The second-order valence-corrected chi connectivity index (χ2v) is 7.20. The Hall–Kier alpha value is -1.83. The van der Waals surface area contributed by atoms with Gasteiger partial charge in [-0.15, -0.1) is 21.5 Å². The van der Waals surface area contributed by atoms with Crippen molar-refractivity contribution in [2.45, 2.75) is 18.6 Å². The molecule has 0 aliphatic rings. The Morgan fingerprint density at radius 1 is 1.33 bits per heavy atom. The van der Waals surface area contributed by atoms with Crippen molar-refractivity contribution in [3.05, 3.63) is 46.8 Å². The number of thiophene rings is 1. The van der Waals surface area contributed by atoms with E-state index in [0.717, 1.165) is 22.4 Å². The molecule has 3 rings (SSSR count). The van der Waals surface area contributed by atoms with Crippen molar-refractivity contribution in [1.29, 1.82) is 0 Å². The third-order valence-corrected chi connectivity index (χ3v) is 5.28. The molecular formula is C16H15ClN4OS2. The van der Waals surface area contributed by atoms with Crippen LogP contribution in [0, 0.1) is 0 Å². The van der Waals surface area contributed by atoms with Crippen LogP contribution in [0.4, 0.5) is 5.69 Å². The monoisotopic (exact) mass is 378 g/mol. The predicted octanol–water partition coefficient (Wildman–Crippen LogP) is 4.41. The molecule has 0 unspecified atom stereocenters. The molecule has 0 fully saturated rings. The number of anilines is 1. The highest BCUT2D eigenvalue weighted by Crippen LogP contribution is 2.27. The number of aromatic nitrogens is 3. The molecule has 3 aromatic rings. The van der Waals surface area contributed by atoms with Crippen molar-refractivity contribution < 1.29 is 4.79 Å². The summed E-state index contributed by atoms with van der Waals surface area (Å²) in [7, 11) is 0. The smallest absolute Gasteiger partial charge is 0.234 e. The van der Waals surface area contributed by atoms with Gasteiger partial charge in [-0.1, -0.05) is 35.5 Å². The van der Waals surface area contributed by atoms with Gasteiger partial charge in [-0.3, -0.25) is 4.79 Å². The minimum atomic E-state index is -0.106. The van der Waals surface area contributed by atoms with Gasteiger partial charge in [-0.25, -0.2) is 0 Å². The average molecular weight is 379 g/mol. The van der Waals surface area contributed by atoms with Crippen LogP contribution in [0.2, 0.25) is 5.02 Å². The Balaban J connectivity index is 1.65. The molecule has 1 aromatic carbocycles. The number of benzene rings is 1. The molecule has 0 radical (unpaired) electrons. The number of nitrogens with zero attached hydrogens (tertiary/aromatic N) is 3. The number of hydrogen-bond acceptors (Lipinski definition) is 5. The molecule has 0 spiro atoms. The van der Waals surface area contributed by atoms with Crippen molar-refractivity contribution in [1.82, 2.24) is 14.8 Å². The average Bonchev–Trinajstić information content (AvgIpc) is 3.21. The molecule has 1 amide bonds. The van der Waals surface area contributed by atoms with Gasteiger partial charge in [-0.2, -0.15) is 0 Å². The molecule has 0 aliphatic carbocycles. The molecule has 0 bridgehead atoms. The maximum atomic E-state index is 12.1. The third kappa shape index (κ3) is 3.98. The third-order valence-electron chi connectivity index (χ3n) is 3.22. The van der Waals surface area contributed by atoms with E-state index in [4.69, 9.17) is 11.6 Å². The number of rotatable bonds is 6. The minimum Gasteiger partial charge on any atom is -0.325 e. The summed E-state index contributed by atoms with van der Waals surface area (Å²) in [5.41, 5.74) is 0.685. The summed E-state index contributed by atoms with van der Waals surface area (Å²) >= 11 is 8.91. The minimum absolute atomic E-state index is 0.106. The zero-order chi connectivity index (χ0) is 16.9. The summed E-state index contributed by atoms with van der Waals surface area (Å²) in [6.07, 6.45) is 0. The number of carbonyl (C=O) groups excluding carboxylic acids is 1. The molecule has 1 N–H and O–H groups in total. The lowest BCUT2D eigenvalue weighted by molar-refractivity contribution is -0.113. The van der Waals surface area contributed by atoms with Gasteiger partial charge in [0.25, 0.3) is 0 Å². The van der Waals surface area contributed by atoms with Crippen LogP contribution in [-0.4, -0.2) is 26.4 Å². The fourth-order valence-electron chi connectivity index (χ4n) is 2.16. The van der Waals surface area contributed by atoms with E-state index in [2.05, 4.69) is 15.5 Å². The summed E-state index contributed by atoms with van der Waals surface area (Å²) < 4.78 is 2.02. The molecule has 124 valence electrons. The highest BCUT2D eigenvalue weighted by Gasteiger charge is 2.15. The van der Waals surface area contributed by atoms with E-state index in [0.29, 0.717) is 10.7 Å². The standard InChI is InChI=1S/C16H15ClN4OS2/c1-2-21-15(13-7-4-8-23-13)19-20-16(21)24-10-14(22)18-12-6-3-5-11(17)9-12/h3-9H,2,10H2,1H3,(H,18,22). The maximum absolute atomic E-state index is 12.1. The Morgan fingerprint density at radius 3 is 2.92 bits per heavy atom. The van der Waals surface area contributed by atoms with Crippen molar-refractivity contribution in [2.24, 2.45) is 0 Å². The van der Waals surface area contributed by atoms with Crippen LogP contribution in [-0.2, 0) is 11.3 Å². The Kier molecular flexibility index (Phi) is 5.55. The molecule has 24 heavy (non-hydrogen) atoms. The van der Waals surface area contributed by atoms with Gasteiger partial charge in [0, 0.05) is 17.3 Å². The largest absolute Gasteiger partial charge is 0.325 e. The number of thioether (sulfide) groups is 1. The first-order chi connectivity index (χ1) is 11.7. The normalized spacial score (nSPS) is 10.8. The van der Waals surface area contributed by atoms with E-state index in [-0.39, 0.29) is 11.7 Å². The van der Waals surface area contributed by atoms with E-state index in [1.807, 2.05) is 29.0 Å². The lowest BCUT2D eigenvalue weighted by Gasteiger charge is -2.07. The second-order valence-electron chi connectivity index (χ2n) is 4.87. The summed E-state index contributed by atoms with van der Waals surface area (Å²) in [5, 5.41) is 14.6. The lowest BCUT2D eigenvalue weighted by atomic mass is 10.3. The summed E-state index contributed by atoms with van der Waals surface area (Å²) in [6, 6.07) is 11.1. The van der Waals surface area contributed by atoms with Crippen molar-refractivity contribution in [3.8, 4) is 10.7 Å². The summed E-state index contributed by atoms with van der Waals surface area (Å²) in [4.78, 5) is 13.2. The van der Waals surface area contributed by atoms with Crippen molar-refractivity contribution in [2.75, 3.05) is 11.1 Å². The first-order valence-corrected chi connectivity index (χ1v) is 9.57. The molecule has 0 atom stereocenters. The lowest BCUT2D eigenvalue weighted by Crippen LogP contribution is -2.14. The van der Waals surface area contributed by atoms with Crippen LogP contribution >= 0.6 is 34.7 Å². The molecule has 5 nitrogen and oxygen atoms in total. The highest BCUT2D eigenvalue weighted by atomic mass is 35.5. The summed E-state index contributed by atoms with van der Waals surface area (Å²) in [5.74, 6) is 0.991. The van der Waals surface area contributed by atoms with Crippen LogP contribution in [0.1, 0.15) is 6.92 Å². The first-order valence-electron chi connectivity index (χ1n) is 7.32. The zero-order valence-electron chi connectivity index (χ0n) is 12.9. The van der Waals surface area contributed by atoms with E-state index >= 15 is 0 Å². The molecule has 0 saturated carbocycles. The van der Waals surface area contributed by atoms with E-state index in [9.17, 15) is 4.79 Å². The molecule has 0 aliphatic heterocycles. The Bertz CT molecular complexity index is 832. The van der Waals surface area contributed by atoms with Crippen LogP contribution in [0.5, 0.6) is 0 Å². The number of carbonyl (C=O) groups is 1. The molecule has 2 aromatic heterocycles. The van der Waals surface area contributed by atoms with Gasteiger partial charge in [0.1, 0.15) is 0 Å². The van der Waals surface area contributed by atoms with Gasteiger partial charge < -0.3 is 9.88 Å². The van der Waals surface area contributed by atoms with Crippen LogP contribution in [0.15, 0.2) is 46.9 Å². The Labute approximate surface area is 153 Å². The molecule has 0 saturated heterocycles.